The average Bonchev–Trinajstić information content (AvgIpc) is 2.90. The first kappa shape index (κ1) is 16.1. The zero-order valence-corrected chi connectivity index (χ0v) is 13.1. The highest BCUT2D eigenvalue weighted by Gasteiger charge is 2.39. The van der Waals surface area contributed by atoms with Crippen LogP contribution >= 0.6 is 0 Å². The first-order valence-electron chi connectivity index (χ1n) is 7.97. The molecule has 4 heteroatoms. The molecule has 2 atom stereocenters. The van der Waals surface area contributed by atoms with E-state index in [0.717, 1.165) is 43.7 Å². The Balaban J connectivity index is 1.99. The molecule has 2 N–H and O–H groups in total. The Bertz CT molecular complexity index is 438. The molecule has 118 valence electrons. The SMILES string of the molecule is CCCOc1ccccc1OC1CCC(CO)(NCC)C1. The lowest BCUT2D eigenvalue weighted by Crippen LogP contribution is -2.46. The van der Waals surface area contributed by atoms with Crippen molar-refractivity contribution in [1.29, 1.82) is 0 Å². The van der Waals surface area contributed by atoms with Gasteiger partial charge in [0, 0.05) is 12.0 Å². The normalized spacial score (nSPS) is 25.0. The fourth-order valence-corrected chi connectivity index (χ4v) is 2.97. The standard InChI is InChI=1S/C17H27NO3/c1-3-11-20-15-7-5-6-8-16(15)21-14-9-10-17(12-14,13-19)18-4-2/h5-8,14,18-19H,3-4,9-13H2,1-2H3. The largest absolute Gasteiger partial charge is 0.490 e. The van der Waals surface area contributed by atoms with Gasteiger partial charge in [0.05, 0.1) is 13.2 Å². The number of para-hydroxylation sites is 2. The van der Waals surface area contributed by atoms with Crippen LogP contribution in [-0.4, -0.2) is 36.5 Å². The van der Waals surface area contributed by atoms with Gasteiger partial charge in [-0.2, -0.15) is 0 Å². The van der Waals surface area contributed by atoms with Gasteiger partial charge in [-0.15, -0.1) is 0 Å². The predicted octanol–water partition coefficient (Wildman–Crippen LogP) is 2.75. The molecule has 1 fully saturated rings. The lowest BCUT2D eigenvalue weighted by Gasteiger charge is -2.28. The van der Waals surface area contributed by atoms with Crippen molar-refractivity contribution in [1.82, 2.24) is 5.32 Å². The lowest BCUT2D eigenvalue weighted by molar-refractivity contribution is 0.139. The van der Waals surface area contributed by atoms with E-state index in [-0.39, 0.29) is 18.2 Å². The summed E-state index contributed by atoms with van der Waals surface area (Å²) in [5.41, 5.74) is -0.182. The molecule has 1 aliphatic carbocycles. The number of hydrogen-bond donors (Lipinski definition) is 2. The Hall–Kier alpha value is -1.26. The molecule has 1 saturated carbocycles. The fraction of sp³-hybridized carbons (Fsp3) is 0.647. The van der Waals surface area contributed by atoms with Crippen LogP contribution in [0.2, 0.25) is 0 Å². The van der Waals surface area contributed by atoms with Crippen LogP contribution in [0.25, 0.3) is 0 Å². The molecule has 2 unspecified atom stereocenters. The topological polar surface area (TPSA) is 50.7 Å². The Morgan fingerprint density at radius 1 is 1.29 bits per heavy atom. The van der Waals surface area contributed by atoms with E-state index < -0.39 is 0 Å². The second kappa shape index (κ2) is 7.66. The van der Waals surface area contributed by atoms with Crippen molar-refractivity contribution in [3.63, 3.8) is 0 Å². The molecular weight excluding hydrogens is 266 g/mol. The molecular formula is C17H27NO3. The van der Waals surface area contributed by atoms with Gasteiger partial charge >= 0.3 is 0 Å². The number of rotatable bonds is 8. The van der Waals surface area contributed by atoms with E-state index in [9.17, 15) is 5.11 Å². The summed E-state index contributed by atoms with van der Waals surface area (Å²) in [5.74, 6) is 1.62. The van der Waals surface area contributed by atoms with Crippen LogP contribution in [0.1, 0.15) is 39.5 Å². The van der Waals surface area contributed by atoms with Gasteiger partial charge < -0.3 is 19.9 Å². The smallest absolute Gasteiger partial charge is 0.161 e. The van der Waals surface area contributed by atoms with Crippen molar-refractivity contribution in [2.24, 2.45) is 0 Å². The highest BCUT2D eigenvalue weighted by atomic mass is 16.5. The van der Waals surface area contributed by atoms with Crippen LogP contribution in [0, 0.1) is 0 Å². The highest BCUT2D eigenvalue weighted by molar-refractivity contribution is 5.39. The number of aliphatic hydroxyl groups is 1. The van der Waals surface area contributed by atoms with Gasteiger partial charge in [0.25, 0.3) is 0 Å². The van der Waals surface area contributed by atoms with Crippen molar-refractivity contribution < 1.29 is 14.6 Å². The van der Waals surface area contributed by atoms with Crippen LogP contribution in [0.4, 0.5) is 0 Å². The monoisotopic (exact) mass is 293 g/mol. The number of benzene rings is 1. The summed E-state index contributed by atoms with van der Waals surface area (Å²) in [4.78, 5) is 0. The molecule has 4 nitrogen and oxygen atoms in total. The van der Waals surface area contributed by atoms with Gasteiger partial charge in [-0.05, 0) is 37.9 Å². The average molecular weight is 293 g/mol. The Morgan fingerprint density at radius 3 is 2.71 bits per heavy atom. The van der Waals surface area contributed by atoms with Crippen molar-refractivity contribution in [2.45, 2.75) is 51.2 Å². The Kier molecular flexibility index (Phi) is 5.88. The molecule has 0 aliphatic heterocycles. The van der Waals surface area contributed by atoms with Gasteiger partial charge in [0.1, 0.15) is 6.10 Å². The first-order valence-corrected chi connectivity index (χ1v) is 7.97. The Labute approximate surface area is 127 Å². The summed E-state index contributed by atoms with van der Waals surface area (Å²) in [5, 5.41) is 13.1. The maximum absolute atomic E-state index is 9.66. The second-order valence-electron chi connectivity index (χ2n) is 5.75. The molecule has 0 bridgehead atoms. The minimum atomic E-state index is -0.182. The molecule has 0 radical (unpaired) electrons. The van der Waals surface area contributed by atoms with Gasteiger partial charge in [0.2, 0.25) is 0 Å². The predicted molar refractivity (Wildman–Crippen MR) is 84.0 cm³/mol. The van der Waals surface area contributed by atoms with Crippen LogP contribution in [0.3, 0.4) is 0 Å². The van der Waals surface area contributed by atoms with Crippen molar-refractivity contribution >= 4 is 0 Å². The van der Waals surface area contributed by atoms with Gasteiger partial charge in [-0.25, -0.2) is 0 Å². The number of nitrogens with one attached hydrogen (secondary N) is 1. The maximum Gasteiger partial charge on any atom is 0.161 e. The summed E-state index contributed by atoms with van der Waals surface area (Å²) in [7, 11) is 0. The molecule has 0 saturated heterocycles. The fourth-order valence-electron chi connectivity index (χ4n) is 2.97. The van der Waals surface area contributed by atoms with Crippen LogP contribution in [-0.2, 0) is 0 Å². The molecule has 1 aromatic carbocycles. The summed E-state index contributed by atoms with van der Waals surface area (Å²) in [6.07, 6.45) is 3.84. The molecule has 0 heterocycles. The van der Waals surface area contributed by atoms with E-state index in [1.165, 1.54) is 0 Å². The van der Waals surface area contributed by atoms with E-state index >= 15 is 0 Å². The quantitative estimate of drug-likeness (QED) is 0.774. The van der Waals surface area contributed by atoms with Crippen molar-refractivity contribution in [2.75, 3.05) is 19.8 Å². The van der Waals surface area contributed by atoms with E-state index in [0.29, 0.717) is 6.61 Å². The first-order chi connectivity index (χ1) is 10.2. The third kappa shape index (κ3) is 4.11. The van der Waals surface area contributed by atoms with Gasteiger partial charge in [-0.1, -0.05) is 26.0 Å². The van der Waals surface area contributed by atoms with Crippen molar-refractivity contribution in [3.05, 3.63) is 24.3 Å². The minimum absolute atomic E-state index is 0.127. The molecule has 0 spiro atoms. The van der Waals surface area contributed by atoms with Crippen LogP contribution in [0.15, 0.2) is 24.3 Å². The van der Waals surface area contributed by atoms with Crippen LogP contribution < -0.4 is 14.8 Å². The molecule has 0 aromatic heterocycles. The van der Waals surface area contributed by atoms with Crippen LogP contribution in [0.5, 0.6) is 11.5 Å². The lowest BCUT2D eigenvalue weighted by atomic mass is 9.99. The van der Waals surface area contributed by atoms with E-state index in [1.54, 1.807) is 0 Å². The summed E-state index contributed by atoms with van der Waals surface area (Å²) >= 11 is 0. The third-order valence-corrected chi connectivity index (χ3v) is 4.02. The van der Waals surface area contributed by atoms with E-state index in [4.69, 9.17) is 9.47 Å². The second-order valence-corrected chi connectivity index (χ2v) is 5.75. The number of hydrogen-bond acceptors (Lipinski definition) is 4. The number of aliphatic hydroxyl groups excluding tert-OH is 1. The van der Waals surface area contributed by atoms with E-state index in [2.05, 4.69) is 19.2 Å². The summed E-state index contributed by atoms with van der Waals surface area (Å²) in [6.45, 7) is 5.88. The summed E-state index contributed by atoms with van der Waals surface area (Å²) < 4.78 is 11.9. The molecule has 1 aliphatic rings. The zero-order chi connectivity index (χ0) is 15.1. The van der Waals surface area contributed by atoms with Crippen molar-refractivity contribution in [3.8, 4) is 11.5 Å². The maximum atomic E-state index is 9.66. The zero-order valence-electron chi connectivity index (χ0n) is 13.1. The Morgan fingerprint density at radius 2 is 2.05 bits per heavy atom. The molecule has 2 rings (SSSR count). The van der Waals surface area contributed by atoms with E-state index in [1.807, 2.05) is 24.3 Å². The van der Waals surface area contributed by atoms with Gasteiger partial charge in [-0.3, -0.25) is 0 Å². The number of likely N-dealkylation sites (N-methyl/N-ethyl adjacent to an activating group) is 1. The molecule has 1 aromatic rings. The third-order valence-electron chi connectivity index (χ3n) is 4.02. The minimum Gasteiger partial charge on any atom is -0.490 e. The highest BCUT2D eigenvalue weighted by Crippen LogP contribution is 2.35. The number of ether oxygens (including phenoxy) is 2. The molecule has 0 amide bonds. The van der Waals surface area contributed by atoms with Gasteiger partial charge in [0.15, 0.2) is 11.5 Å². The summed E-state index contributed by atoms with van der Waals surface area (Å²) in [6, 6.07) is 7.83. The molecule has 21 heavy (non-hydrogen) atoms.